The Kier molecular flexibility index (Phi) is 4.07. The highest BCUT2D eigenvalue weighted by Gasteiger charge is 2.36. The van der Waals surface area contributed by atoms with Crippen LogP contribution >= 0.6 is 0 Å². The maximum absolute atomic E-state index is 3.54. The van der Waals surface area contributed by atoms with Crippen molar-refractivity contribution in [3.05, 3.63) is 29.8 Å². The molecular formula is C17H26N2. The summed E-state index contributed by atoms with van der Waals surface area (Å²) in [5.41, 5.74) is 2.94. The van der Waals surface area contributed by atoms with Crippen molar-refractivity contribution in [3.63, 3.8) is 0 Å². The van der Waals surface area contributed by atoms with Crippen LogP contribution in [0.5, 0.6) is 0 Å². The van der Waals surface area contributed by atoms with Crippen molar-refractivity contribution < 1.29 is 0 Å². The molecule has 0 aromatic heterocycles. The molecule has 0 radical (unpaired) electrons. The van der Waals surface area contributed by atoms with Crippen molar-refractivity contribution in [2.75, 3.05) is 24.5 Å². The average Bonchev–Trinajstić information content (AvgIpc) is 3.00. The van der Waals surface area contributed by atoms with Gasteiger partial charge in [-0.15, -0.1) is 0 Å². The standard InChI is InChI=1S/C17H26N2/c1-2-10-18-11-14-6-3-4-9-17(14)19-12-15-7-5-8-16(15)13-19/h3-4,6,9,15-16,18H,2,5,7-8,10-13H2,1H3. The van der Waals surface area contributed by atoms with E-state index in [1.165, 1.54) is 50.0 Å². The summed E-state index contributed by atoms with van der Waals surface area (Å²) in [6, 6.07) is 8.95. The van der Waals surface area contributed by atoms with E-state index in [4.69, 9.17) is 0 Å². The van der Waals surface area contributed by atoms with Gasteiger partial charge in [-0.25, -0.2) is 0 Å². The van der Waals surface area contributed by atoms with E-state index in [-0.39, 0.29) is 0 Å². The van der Waals surface area contributed by atoms with Crippen molar-refractivity contribution in [1.82, 2.24) is 5.32 Å². The first-order chi connectivity index (χ1) is 9.38. The number of hydrogen-bond donors (Lipinski definition) is 1. The Balaban J connectivity index is 1.70. The van der Waals surface area contributed by atoms with Crippen LogP contribution in [0.2, 0.25) is 0 Å². The third kappa shape index (κ3) is 2.79. The van der Waals surface area contributed by atoms with Gasteiger partial charge in [-0.3, -0.25) is 0 Å². The molecule has 2 heteroatoms. The molecule has 1 aliphatic heterocycles. The minimum absolute atomic E-state index is 0.969. The first-order valence-electron chi connectivity index (χ1n) is 7.92. The first kappa shape index (κ1) is 13.0. The fraction of sp³-hybridized carbons (Fsp3) is 0.647. The molecule has 2 nitrogen and oxygen atoms in total. The summed E-state index contributed by atoms with van der Waals surface area (Å²) in [6.45, 7) is 6.92. The van der Waals surface area contributed by atoms with Gasteiger partial charge in [0.2, 0.25) is 0 Å². The highest BCUT2D eigenvalue weighted by atomic mass is 15.2. The van der Waals surface area contributed by atoms with E-state index >= 15 is 0 Å². The molecule has 1 aromatic rings. The van der Waals surface area contributed by atoms with Crippen LogP contribution in [0.4, 0.5) is 5.69 Å². The maximum Gasteiger partial charge on any atom is 0.0412 e. The number of fused-ring (bicyclic) bond motifs is 1. The Morgan fingerprint density at radius 3 is 2.63 bits per heavy atom. The van der Waals surface area contributed by atoms with E-state index < -0.39 is 0 Å². The van der Waals surface area contributed by atoms with Gasteiger partial charge in [-0.1, -0.05) is 31.5 Å². The van der Waals surface area contributed by atoms with E-state index in [1.54, 1.807) is 0 Å². The second-order valence-corrected chi connectivity index (χ2v) is 6.16. The molecule has 0 spiro atoms. The Labute approximate surface area is 117 Å². The molecule has 2 unspecified atom stereocenters. The van der Waals surface area contributed by atoms with E-state index in [0.717, 1.165) is 24.9 Å². The lowest BCUT2D eigenvalue weighted by atomic mass is 10.0. The number of hydrogen-bond acceptors (Lipinski definition) is 2. The van der Waals surface area contributed by atoms with Gasteiger partial charge in [0, 0.05) is 25.3 Å². The lowest BCUT2D eigenvalue weighted by molar-refractivity contribution is 0.494. The molecule has 2 aliphatic rings. The zero-order valence-corrected chi connectivity index (χ0v) is 12.1. The number of anilines is 1. The second-order valence-electron chi connectivity index (χ2n) is 6.16. The summed E-state index contributed by atoms with van der Waals surface area (Å²) in [7, 11) is 0. The normalized spacial score (nSPS) is 25.8. The number of rotatable bonds is 5. The average molecular weight is 258 g/mol. The van der Waals surface area contributed by atoms with Gasteiger partial charge in [-0.2, -0.15) is 0 Å². The van der Waals surface area contributed by atoms with Crippen molar-refractivity contribution in [3.8, 4) is 0 Å². The summed E-state index contributed by atoms with van der Waals surface area (Å²) < 4.78 is 0. The van der Waals surface area contributed by atoms with Crippen molar-refractivity contribution in [2.45, 2.75) is 39.2 Å². The summed E-state index contributed by atoms with van der Waals surface area (Å²) in [5, 5.41) is 3.54. The topological polar surface area (TPSA) is 15.3 Å². The van der Waals surface area contributed by atoms with E-state index in [1.807, 2.05) is 0 Å². The van der Waals surface area contributed by atoms with Crippen LogP contribution in [0.3, 0.4) is 0 Å². The molecule has 1 aliphatic carbocycles. The van der Waals surface area contributed by atoms with Crippen LogP contribution in [-0.4, -0.2) is 19.6 Å². The maximum atomic E-state index is 3.54. The van der Waals surface area contributed by atoms with E-state index in [0.29, 0.717) is 0 Å². The third-order valence-electron chi connectivity index (χ3n) is 4.80. The van der Waals surface area contributed by atoms with Gasteiger partial charge in [0.15, 0.2) is 0 Å². The Bertz CT molecular complexity index is 403. The predicted molar refractivity (Wildman–Crippen MR) is 81.5 cm³/mol. The van der Waals surface area contributed by atoms with Crippen LogP contribution in [-0.2, 0) is 6.54 Å². The van der Waals surface area contributed by atoms with E-state index in [9.17, 15) is 0 Å². The summed E-state index contributed by atoms with van der Waals surface area (Å²) >= 11 is 0. The van der Waals surface area contributed by atoms with Crippen LogP contribution in [0.15, 0.2) is 24.3 Å². The summed E-state index contributed by atoms with van der Waals surface area (Å²) in [6.07, 6.45) is 5.58. The van der Waals surface area contributed by atoms with Gasteiger partial charge < -0.3 is 10.2 Å². The molecular weight excluding hydrogens is 232 g/mol. The molecule has 0 bridgehead atoms. The quantitative estimate of drug-likeness (QED) is 0.814. The van der Waals surface area contributed by atoms with Crippen LogP contribution < -0.4 is 10.2 Å². The number of nitrogens with zero attached hydrogens (tertiary/aromatic N) is 1. The zero-order valence-electron chi connectivity index (χ0n) is 12.1. The van der Waals surface area contributed by atoms with Crippen LogP contribution in [0.1, 0.15) is 38.2 Å². The smallest absolute Gasteiger partial charge is 0.0412 e. The number of para-hydroxylation sites is 1. The van der Waals surface area contributed by atoms with Crippen LogP contribution in [0, 0.1) is 11.8 Å². The first-order valence-corrected chi connectivity index (χ1v) is 7.92. The van der Waals surface area contributed by atoms with E-state index in [2.05, 4.69) is 41.4 Å². The molecule has 1 saturated carbocycles. The number of benzene rings is 1. The molecule has 0 amide bonds. The largest absolute Gasteiger partial charge is 0.371 e. The Morgan fingerprint density at radius 2 is 1.89 bits per heavy atom. The Morgan fingerprint density at radius 1 is 1.16 bits per heavy atom. The Hall–Kier alpha value is -1.02. The van der Waals surface area contributed by atoms with Crippen molar-refractivity contribution in [2.24, 2.45) is 11.8 Å². The minimum Gasteiger partial charge on any atom is -0.371 e. The van der Waals surface area contributed by atoms with Crippen molar-refractivity contribution >= 4 is 5.69 Å². The van der Waals surface area contributed by atoms with Gasteiger partial charge in [0.05, 0.1) is 0 Å². The molecule has 1 N–H and O–H groups in total. The van der Waals surface area contributed by atoms with Crippen LogP contribution in [0.25, 0.3) is 0 Å². The second kappa shape index (κ2) is 5.96. The van der Waals surface area contributed by atoms with Gasteiger partial charge in [0.1, 0.15) is 0 Å². The summed E-state index contributed by atoms with van der Waals surface area (Å²) in [4.78, 5) is 2.64. The molecule has 1 saturated heterocycles. The minimum atomic E-state index is 0.969. The highest BCUT2D eigenvalue weighted by Crippen LogP contribution is 2.40. The van der Waals surface area contributed by atoms with Gasteiger partial charge in [0.25, 0.3) is 0 Å². The molecule has 1 aromatic carbocycles. The monoisotopic (exact) mass is 258 g/mol. The lowest BCUT2D eigenvalue weighted by Gasteiger charge is -2.23. The molecule has 1 heterocycles. The third-order valence-corrected chi connectivity index (χ3v) is 4.80. The summed E-state index contributed by atoms with van der Waals surface area (Å²) in [5.74, 6) is 1.94. The molecule has 3 rings (SSSR count). The van der Waals surface area contributed by atoms with Crippen molar-refractivity contribution in [1.29, 1.82) is 0 Å². The van der Waals surface area contributed by atoms with Gasteiger partial charge >= 0.3 is 0 Å². The molecule has 104 valence electrons. The fourth-order valence-electron chi connectivity index (χ4n) is 3.80. The van der Waals surface area contributed by atoms with Gasteiger partial charge in [-0.05, 0) is 49.3 Å². The highest BCUT2D eigenvalue weighted by molar-refractivity contribution is 5.54. The number of nitrogens with one attached hydrogen (secondary N) is 1. The predicted octanol–water partition coefficient (Wildman–Crippen LogP) is 3.42. The molecule has 2 atom stereocenters. The zero-order chi connectivity index (χ0) is 13.1. The molecule has 19 heavy (non-hydrogen) atoms. The fourth-order valence-corrected chi connectivity index (χ4v) is 3.80. The lowest BCUT2D eigenvalue weighted by Crippen LogP contribution is -2.24. The SMILES string of the molecule is CCCNCc1ccccc1N1CC2CCCC2C1. The molecule has 2 fully saturated rings.